The van der Waals surface area contributed by atoms with Crippen LogP contribution in [0.3, 0.4) is 0 Å². The minimum absolute atomic E-state index is 0.135. The summed E-state index contributed by atoms with van der Waals surface area (Å²) < 4.78 is 0. The number of hydrogen-bond acceptors (Lipinski definition) is 2. The minimum Gasteiger partial charge on any atom is -0.356 e. The van der Waals surface area contributed by atoms with Gasteiger partial charge < -0.3 is 5.32 Å². The van der Waals surface area contributed by atoms with E-state index in [2.05, 4.69) is 16.4 Å². The highest BCUT2D eigenvalue weighted by Crippen LogP contribution is 2.09. The molecule has 1 heterocycles. The molecule has 3 heteroatoms. The van der Waals surface area contributed by atoms with E-state index in [1.807, 2.05) is 19.3 Å². The van der Waals surface area contributed by atoms with Crippen LogP contribution in [-0.4, -0.2) is 18.7 Å². The molecule has 0 aromatic carbocycles. The second-order valence-electron chi connectivity index (χ2n) is 3.15. The summed E-state index contributed by atoms with van der Waals surface area (Å²) in [6, 6.07) is 0. The van der Waals surface area contributed by atoms with Crippen molar-refractivity contribution in [1.29, 1.82) is 0 Å². The zero-order chi connectivity index (χ0) is 9.52. The van der Waals surface area contributed by atoms with E-state index in [-0.39, 0.29) is 5.91 Å². The normalized spacial score (nSPS) is 19.3. The molecule has 1 unspecified atom stereocenters. The summed E-state index contributed by atoms with van der Waals surface area (Å²) in [4.78, 5) is 14.9. The summed E-state index contributed by atoms with van der Waals surface area (Å²) in [5.74, 6) is 0.620. The van der Waals surface area contributed by atoms with E-state index >= 15 is 0 Å². The first-order valence-corrected chi connectivity index (χ1v) is 4.79. The zero-order valence-corrected chi connectivity index (χ0v) is 7.99. The maximum Gasteiger partial charge on any atom is 0.219 e. The van der Waals surface area contributed by atoms with Crippen LogP contribution in [0, 0.1) is 5.92 Å². The van der Waals surface area contributed by atoms with Crippen molar-refractivity contribution in [2.75, 3.05) is 6.54 Å². The zero-order valence-electron chi connectivity index (χ0n) is 7.99. The summed E-state index contributed by atoms with van der Waals surface area (Å²) >= 11 is 0. The van der Waals surface area contributed by atoms with Gasteiger partial charge >= 0.3 is 0 Å². The molecule has 0 aromatic heterocycles. The third kappa shape index (κ3) is 3.87. The molecule has 0 radical (unpaired) electrons. The van der Waals surface area contributed by atoms with Crippen LogP contribution in [0.1, 0.15) is 26.2 Å². The maximum atomic E-state index is 10.9. The van der Waals surface area contributed by atoms with Crippen LogP contribution >= 0.6 is 0 Å². The van der Waals surface area contributed by atoms with Crippen molar-refractivity contribution in [3.05, 3.63) is 12.3 Å². The third-order valence-corrected chi connectivity index (χ3v) is 2.05. The molecule has 1 atom stereocenters. The van der Waals surface area contributed by atoms with Crippen LogP contribution in [-0.2, 0) is 4.79 Å². The number of rotatable bonds is 5. The molecule has 13 heavy (non-hydrogen) atoms. The van der Waals surface area contributed by atoms with Crippen molar-refractivity contribution in [2.45, 2.75) is 26.2 Å². The van der Waals surface area contributed by atoms with Crippen molar-refractivity contribution in [1.82, 2.24) is 5.32 Å². The quantitative estimate of drug-likeness (QED) is 0.640. The van der Waals surface area contributed by atoms with E-state index in [9.17, 15) is 4.79 Å². The Bertz CT molecular complexity index is 209. The predicted octanol–water partition coefficient (Wildman–Crippen LogP) is 1.51. The van der Waals surface area contributed by atoms with E-state index in [4.69, 9.17) is 0 Å². The molecule has 0 aliphatic carbocycles. The highest BCUT2D eigenvalue weighted by atomic mass is 16.1. The van der Waals surface area contributed by atoms with Gasteiger partial charge in [0.2, 0.25) is 5.91 Å². The van der Waals surface area contributed by atoms with Crippen molar-refractivity contribution in [3.8, 4) is 0 Å². The Kier molecular flexibility index (Phi) is 4.23. The molecule has 0 saturated heterocycles. The summed E-state index contributed by atoms with van der Waals surface area (Å²) in [6.45, 7) is 2.65. The molecular formula is C10H16N2O. The van der Waals surface area contributed by atoms with Crippen LogP contribution in [0.25, 0.3) is 0 Å². The van der Waals surface area contributed by atoms with Gasteiger partial charge in [0, 0.05) is 31.3 Å². The number of aliphatic imine (C=N–C) groups is 1. The topological polar surface area (TPSA) is 41.5 Å². The lowest BCUT2D eigenvalue weighted by Crippen LogP contribution is -2.23. The number of carbonyl (C=O) groups excluding carboxylic acids is 1. The maximum absolute atomic E-state index is 10.9. The van der Waals surface area contributed by atoms with Crippen LogP contribution < -0.4 is 5.32 Å². The van der Waals surface area contributed by atoms with Crippen LogP contribution in [0.5, 0.6) is 0 Å². The molecule has 1 aliphatic heterocycles. The molecule has 0 bridgehead atoms. The smallest absolute Gasteiger partial charge is 0.219 e. The number of hydrogen-bond donors (Lipinski definition) is 1. The van der Waals surface area contributed by atoms with E-state index in [0.717, 1.165) is 19.4 Å². The van der Waals surface area contributed by atoms with E-state index < -0.39 is 0 Å². The van der Waals surface area contributed by atoms with Gasteiger partial charge in [-0.25, -0.2) is 0 Å². The number of carbonyl (C=O) groups is 1. The first-order valence-electron chi connectivity index (χ1n) is 4.79. The van der Waals surface area contributed by atoms with Crippen LogP contribution in [0.2, 0.25) is 0 Å². The standard InChI is InChI=1S/C10H16N2O/c1-2-10(13)12-6-3-4-9-5-7-11-8-9/h5,7-9H,2-4,6H2,1H3,(H,12,13). The van der Waals surface area contributed by atoms with Gasteiger partial charge in [-0.15, -0.1) is 0 Å². The van der Waals surface area contributed by atoms with Gasteiger partial charge in [0.05, 0.1) is 0 Å². The van der Waals surface area contributed by atoms with Crippen LogP contribution in [0.15, 0.2) is 17.3 Å². The number of amides is 1. The Morgan fingerprint density at radius 3 is 3.08 bits per heavy atom. The summed E-state index contributed by atoms with van der Waals surface area (Å²) in [5, 5.41) is 2.85. The average molecular weight is 180 g/mol. The molecule has 0 spiro atoms. The lowest BCUT2D eigenvalue weighted by atomic mass is 10.1. The van der Waals surface area contributed by atoms with Gasteiger partial charge in [0.25, 0.3) is 0 Å². The fourth-order valence-electron chi connectivity index (χ4n) is 1.23. The predicted molar refractivity (Wildman–Crippen MR) is 53.7 cm³/mol. The van der Waals surface area contributed by atoms with Gasteiger partial charge in [0.15, 0.2) is 0 Å². The fourth-order valence-corrected chi connectivity index (χ4v) is 1.23. The second kappa shape index (κ2) is 5.51. The Morgan fingerprint density at radius 1 is 1.62 bits per heavy atom. The molecule has 1 rings (SSSR count). The van der Waals surface area contributed by atoms with Crippen molar-refractivity contribution < 1.29 is 4.79 Å². The van der Waals surface area contributed by atoms with E-state index in [0.29, 0.717) is 12.3 Å². The lowest BCUT2D eigenvalue weighted by Gasteiger charge is -2.04. The molecule has 0 saturated carbocycles. The molecule has 3 nitrogen and oxygen atoms in total. The van der Waals surface area contributed by atoms with Gasteiger partial charge in [0.1, 0.15) is 0 Å². The van der Waals surface area contributed by atoms with Gasteiger partial charge in [-0.2, -0.15) is 0 Å². The highest BCUT2D eigenvalue weighted by Gasteiger charge is 2.04. The first kappa shape index (κ1) is 9.96. The Hall–Kier alpha value is -1.12. The number of nitrogens with zero attached hydrogens (tertiary/aromatic N) is 1. The van der Waals surface area contributed by atoms with Crippen molar-refractivity contribution >= 4 is 12.1 Å². The Balaban J connectivity index is 1.98. The molecule has 0 aromatic rings. The molecule has 1 N–H and O–H groups in total. The van der Waals surface area contributed by atoms with Gasteiger partial charge in [-0.3, -0.25) is 9.79 Å². The molecule has 1 aliphatic rings. The Morgan fingerprint density at radius 2 is 2.46 bits per heavy atom. The average Bonchev–Trinajstić information content (AvgIpc) is 2.64. The minimum atomic E-state index is 0.135. The summed E-state index contributed by atoms with van der Waals surface area (Å²) in [6.07, 6.45) is 8.53. The largest absolute Gasteiger partial charge is 0.356 e. The molecule has 1 amide bonds. The molecular weight excluding hydrogens is 164 g/mol. The lowest BCUT2D eigenvalue weighted by molar-refractivity contribution is -0.120. The molecule has 72 valence electrons. The fraction of sp³-hybridized carbons (Fsp3) is 0.600. The van der Waals surface area contributed by atoms with E-state index in [1.165, 1.54) is 0 Å². The highest BCUT2D eigenvalue weighted by molar-refractivity contribution is 5.75. The molecule has 0 fully saturated rings. The number of allylic oxidation sites excluding steroid dienone is 1. The third-order valence-electron chi connectivity index (χ3n) is 2.05. The monoisotopic (exact) mass is 180 g/mol. The SMILES string of the molecule is CCC(=O)NCCCC1C=CN=C1. The second-order valence-corrected chi connectivity index (χ2v) is 3.15. The van der Waals surface area contributed by atoms with Gasteiger partial charge in [-0.05, 0) is 12.8 Å². The van der Waals surface area contributed by atoms with Gasteiger partial charge in [-0.1, -0.05) is 13.0 Å². The number of nitrogens with one attached hydrogen (secondary N) is 1. The van der Waals surface area contributed by atoms with Crippen LogP contribution in [0.4, 0.5) is 0 Å². The summed E-state index contributed by atoms with van der Waals surface area (Å²) in [5.41, 5.74) is 0. The van der Waals surface area contributed by atoms with Crippen molar-refractivity contribution in [3.63, 3.8) is 0 Å². The first-order chi connectivity index (χ1) is 6.33. The summed E-state index contributed by atoms with van der Waals surface area (Å²) in [7, 11) is 0. The van der Waals surface area contributed by atoms with Crippen molar-refractivity contribution in [2.24, 2.45) is 10.9 Å². The van der Waals surface area contributed by atoms with E-state index in [1.54, 1.807) is 0 Å². The Labute approximate surface area is 78.9 Å².